The van der Waals surface area contributed by atoms with E-state index in [-0.39, 0.29) is 0 Å². The molecule has 4 heteroatoms. The Morgan fingerprint density at radius 2 is 2.21 bits per heavy atom. The molecule has 1 fully saturated rings. The van der Waals surface area contributed by atoms with Crippen LogP contribution in [0.1, 0.15) is 24.0 Å². The van der Waals surface area contributed by atoms with Gasteiger partial charge in [0, 0.05) is 19.6 Å². The number of aryl methyl sites for hydroxylation is 1. The Morgan fingerprint density at radius 1 is 1.47 bits per heavy atom. The van der Waals surface area contributed by atoms with Crippen LogP contribution < -0.4 is 10.5 Å². The van der Waals surface area contributed by atoms with Crippen LogP contribution >= 0.6 is 0 Å². The van der Waals surface area contributed by atoms with Gasteiger partial charge in [-0.3, -0.25) is 4.99 Å². The number of nitrogens with two attached hydrogens (primary N) is 1. The van der Waals surface area contributed by atoms with E-state index in [2.05, 4.69) is 28.9 Å². The van der Waals surface area contributed by atoms with Crippen molar-refractivity contribution in [1.82, 2.24) is 4.90 Å². The molecule has 19 heavy (non-hydrogen) atoms. The minimum Gasteiger partial charge on any atom is -0.496 e. The molecule has 0 aromatic heterocycles. The summed E-state index contributed by atoms with van der Waals surface area (Å²) in [6.07, 6.45) is 3.32. The Hall–Kier alpha value is -1.71. The molecule has 1 saturated carbocycles. The van der Waals surface area contributed by atoms with E-state index in [0.29, 0.717) is 18.5 Å². The Balaban J connectivity index is 1.94. The van der Waals surface area contributed by atoms with Crippen molar-refractivity contribution in [3.05, 3.63) is 29.3 Å². The maximum atomic E-state index is 5.97. The molecule has 0 heterocycles. The van der Waals surface area contributed by atoms with Gasteiger partial charge in [-0.05, 0) is 37.8 Å². The summed E-state index contributed by atoms with van der Waals surface area (Å²) in [4.78, 5) is 6.53. The van der Waals surface area contributed by atoms with E-state index in [1.165, 1.54) is 24.0 Å². The number of rotatable bonds is 5. The monoisotopic (exact) mass is 261 g/mol. The van der Waals surface area contributed by atoms with E-state index in [4.69, 9.17) is 10.5 Å². The molecule has 0 saturated heterocycles. The SMILES string of the molecule is COc1ccc(C)cc1CCN=C(N)N(C)C1CC1. The van der Waals surface area contributed by atoms with Gasteiger partial charge in [0.25, 0.3) is 0 Å². The lowest BCUT2D eigenvalue weighted by atomic mass is 10.1. The predicted octanol–water partition coefficient (Wildman–Crippen LogP) is 1.96. The topological polar surface area (TPSA) is 50.9 Å². The zero-order valence-corrected chi connectivity index (χ0v) is 12.0. The van der Waals surface area contributed by atoms with Crippen LogP contribution in [0.2, 0.25) is 0 Å². The first-order chi connectivity index (χ1) is 9.11. The number of guanidine groups is 1. The van der Waals surface area contributed by atoms with Gasteiger partial charge in [0.15, 0.2) is 5.96 Å². The molecule has 104 valence electrons. The minimum atomic E-state index is 0.609. The lowest BCUT2D eigenvalue weighted by Crippen LogP contribution is -2.35. The second-order valence-electron chi connectivity index (χ2n) is 5.15. The molecule has 0 radical (unpaired) electrons. The molecule has 2 N–H and O–H groups in total. The van der Waals surface area contributed by atoms with Gasteiger partial charge in [0.2, 0.25) is 0 Å². The van der Waals surface area contributed by atoms with Gasteiger partial charge in [-0.1, -0.05) is 17.7 Å². The van der Waals surface area contributed by atoms with Crippen LogP contribution in [-0.4, -0.2) is 37.6 Å². The zero-order valence-electron chi connectivity index (χ0n) is 12.0. The van der Waals surface area contributed by atoms with Gasteiger partial charge in [-0.2, -0.15) is 0 Å². The standard InChI is InChI=1S/C15H23N3O/c1-11-4-7-14(19-3)12(10-11)8-9-17-15(16)18(2)13-5-6-13/h4,7,10,13H,5-6,8-9H2,1-3H3,(H2,16,17). The molecule has 0 atom stereocenters. The van der Waals surface area contributed by atoms with E-state index >= 15 is 0 Å². The fourth-order valence-corrected chi connectivity index (χ4v) is 2.15. The van der Waals surface area contributed by atoms with Crippen molar-refractivity contribution < 1.29 is 4.74 Å². The fourth-order valence-electron chi connectivity index (χ4n) is 2.15. The van der Waals surface area contributed by atoms with E-state index in [9.17, 15) is 0 Å². The number of hydrogen-bond acceptors (Lipinski definition) is 2. The first kappa shape index (κ1) is 13.7. The molecule has 0 bridgehead atoms. The molecule has 0 amide bonds. The maximum Gasteiger partial charge on any atom is 0.191 e. The number of benzene rings is 1. The van der Waals surface area contributed by atoms with Gasteiger partial charge >= 0.3 is 0 Å². The van der Waals surface area contributed by atoms with Gasteiger partial charge < -0.3 is 15.4 Å². The highest BCUT2D eigenvalue weighted by Gasteiger charge is 2.27. The summed E-state index contributed by atoms with van der Waals surface area (Å²) in [5.74, 6) is 1.57. The molecule has 0 unspecified atom stereocenters. The van der Waals surface area contributed by atoms with Crippen molar-refractivity contribution in [2.45, 2.75) is 32.2 Å². The molecule has 0 spiro atoms. The van der Waals surface area contributed by atoms with Crippen molar-refractivity contribution in [2.24, 2.45) is 10.7 Å². The number of nitrogens with zero attached hydrogens (tertiary/aromatic N) is 2. The summed E-state index contributed by atoms with van der Waals surface area (Å²) < 4.78 is 5.36. The number of methoxy groups -OCH3 is 1. The lowest BCUT2D eigenvalue weighted by molar-refractivity contribution is 0.409. The number of aliphatic imine (C=N–C) groups is 1. The first-order valence-corrected chi connectivity index (χ1v) is 6.78. The second kappa shape index (κ2) is 5.95. The van der Waals surface area contributed by atoms with E-state index in [0.717, 1.165) is 12.2 Å². The zero-order chi connectivity index (χ0) is 13.8. The normalized spacial score (nSPS) is 15.4. The Labute approximate surface area is 115 Å². The van der Waals surface area contributed by atoms with Crippen molar-refractivity contribution in [3.63, 3.8) is 0 Å². The van der Waals surface area contributed by atoms with Crippen LogP contribution in [-0.2, 0) is 6.42 Å². The predicted molar refractivity (Wildman–Crippen MR) is 78.7 cm³/mol. The van der Waals surface area contributed by atoms with Crippen LogP contribution in [0.3, 0.4) is 0 Å². The maximum absolute atomic E-state index is 5.97. The van der Waals surface area contributed by atoms with Gasteiger partial charge in [0.05, 0.1) is 7.11 Å². The summed E-state index contributed by atoms with van der Waals surface area (Å²) in [5, 5.41) is 0. The van der Waals surface area contributed by atoms with Crippen LogP contribution in [0.5, 0.6) is 5.75 Å². The van der Waals surface area contributed by atoms with Crippen molar-refractivity contribution >= 4 is 5.96 Å². The fraction of sp³-hybridized carbons (Fsp3) is 0.533. The third-order valence-electron chi connectivity index (χ3n) is 3.55. The van der Waals surface area contributed by atoms with Crippen LogP contribution in [0.4, 0.5) is 0 Å². The number of hydrogen-bond donors (Lipinski definition) is 1. The van der Waals surface area contributed by atoms with Crippen molar-refractivity contribution in [2.75, 3.05) is 20.7 Å². The Morgan fingerprint density at radius 3 is 2.84 bits per heavy atom. The Kier molecular flexibility index (Phi) is 4.30. The molecule has 1 aliphatic carbocycles. The van der Waals surface area contributed by atoms with E-state index < -0.39 is 0 Å². The highest BCUT2D eigenvalue weighted by Crippen LogP contribution is 2.25. The molecule has 1 aliphatic rings. The lowest BCUT2D eigenvalue weighted by Gasteiger charge is -2.17. The molecule has 1 aromatic carbocycles. The summed E-state index contributed by atoms with van der Waals surface area (Å²) in [6.45, 7) is 2.78. The van der Waals surface area contributed by atoms with Crippen molar-refractivity contribution in [1.29, 1.82) is 0 Å². The van der Waals surface area contributed by atoms with Gasteiger partial charge in [-0.25, -0.2) is 0 Å². The largest absolute Gasteiger partial charge is 0.496 e. The highest BCUT2D eigenvalue weighted by molar-refractivity contribution is 5.78. The molecular weight excluding hydrogens is 238 g/mol. The highest BCUT2D eigenvalue weighted by atomic mass is 16.5. The third kappa shape index (κ3) is 3.63. The van der Waals surface area contributed by atoms with Crippen LogP contribution in [0.15, 0.2) is 23.2 Å². The average molecular weight is 261 g/mol. The molecule has 0 aliphatic heterocycles. The van der Waals surface area contributed by atoms with Crippen LogP contribution in [0.25, 0.3) is 0 Å². The van der Waals surface area contributed by atoms with E-state index in [1.807, 2.05) is 13.1 Å². The summed E-state index contributed by atoms with van der Waals surface area (Å²) >= 11 is 0. The minimum absolute atomic E-state index is 0.609. The van der Waals surface area contributed by atoms with Crippen LogP contribution in [0, 0.1) is 6.92 Å². The molecule has 4 nitrogen and oxygen atoms in total. The van der Waals surface area contributed by atoms with Crippen molar-refractivity contribution in [3.8, 4) is 5.75 Å². The first-order valence-electron chi connectivity index (χ1n) is 6.78. The van der Waals surface area contributed by atoms with Gasteiger partial charge in [0.1, 0.15) is 5.75 Å². The number of ether oxygens (including phenoxy) is 1. The summed E-state index contributed by atoms with van der Waals surface area (Å²) in [5.41, 5.74) is 8.39. The summed E-state index contributed by atoms with van der Waals surface area (Å²) in [7, 11) is 3.72. The second-order valence-corrected chi connectivity index (χ2v) is 5.15. The smallest absolute Gasteiger partial charge is 0.191 e. The van der Waals surface area contributed by atoms with Gasteiger partial charge in [-0.15, -0.1) is 0 Å². The Bertz CT molecular complexity index is 466. The molecule has 2 rings (SSSR count). The molecular formula is C15H23N3O. The third-order valence-corrected chi connectivity index (χ3v) is 3.55. The summed E-state index contributed by atoms with van der Waals surface area (Å²) in [6, 6.07) is 6.82. The quantitative estimate of drug-likeness (QED) is 0.651. The van der Waals surface area contributed by atoms with E-state index in [1.54, 1.807) is 7.11 Å². The molecule has 1 aromatic rings. The average Bonchev–Trinajstić information content (AvgIpc) is 3.22.